The van der Waals surface area contributed by atoms with Crippen LogP contribution in [0.25, 0.3) is 88.6 Å². The summed E-state index contributed by atoms with van der Waals surface area (Å²) in [5.74, 6) is 1.20. The van der Waals surface area contributed by atoms with Crippen LogP contribution in [-0.2, 0) is 0 Å². The molecule has 9 aromatic carbocycles. The smallest absolute Gasteiger partial charge is 0.227 e. The molecule has 0 aliphatic rings. The lowest BCUT2D eigenvalue weighted by atomic mass is 9.92. The van der Waals surface area contributed by atoms with E-state index < -0.39 is 0 Å². The third-order valence-electron chi connectivity index (χ3n) is 10.5. The zero-order valence-corrected chi connectivity index (χ0v) is 29.6. The van der Waals surface area contributed by atoms with E-state index in [2.05, 4.69) is 144 Å². The number of aromatic nitrogens is 2. The van der Waals surface area contributed by atoms with Gasteiger partial charge in [0.25, 0.3) is 0 Å². The highest BCUT2D eigenvalue weighted by atomic mass is 16.4. The third-order valence-corrected chi connectivity index (χ3v) is 10.5. The third kappa shape index (κ3) is 5.41. The van der Waals surface area contributed by atoms with Crippen LogP contribution >= 0.6 is 0 Å². The van der Waals surface area contributed by atoms with E-state index in [4.69, 9.17) is 18.8 Å². The van der Waals surface area contributed by atoms with Gasteiger partial charge in [-0.1, -0.05) is 97.1 Å². The first-order chi connectivity index (χ1) is 27.2. The van der Waals surface area contributed by atoms with Gasteiger partial charge in [-0.3, -0.25) is 0 Å². The average Bonchev–Trinajstić information content (AvgIpc) is 3.89. The summed E-state index contributed by atoms with van der Waals surface area (Å²) in [6, 6.07) is 65.6. The molecule has 0 fully saturated rings. The van der Waals surface area contributed by atoms with E-state index in [0.29, 0.717) is 11.8 Å². The molecule has 0 atom stereocenters. The molecule has 0 saturated carbocycles. The van der Waals surface area contributed by atoms with Crippen LogP contribution in [0.15, 0.2) is 197 Å². The van der Waals surface area contributed by atoms with E-state index >= 15 is 0 Å². The summed E-state index contributed by atoms with van der Waals surface area (Å²) in [4.78, 5) is 11.7. The van der Waals surface area contributed by atoms with Crippen LogP contribution < -0.4 is 4.90 Å². The van der Waals surface area contributed by atoms with Gasteiger partial charge in [0.15, 0.2) is 11.2 Å². The van der Waals surface area contributed by atoms with Gasteiger partial charge in [-0.05, 0) is 134 Å². The van der Waals surface area contributed by atoms with Crippen molar-refractivity contribution in [3.63, 3.8) is 0 Å². The Morgan fingerprint density at radius 2 is 0.873 bits per heavy atom. The molecule has 0 spiro atoms. The van der Waals surface area contributed by atoms with Crippen LogP contribution in [0.1, 0.15) is 0 Å². The maximum Gasteiger partial charge on any atom is 0.227 e. The van der Waals surface area contributed by atoms with Crippen LogP contribution in [0.5, 0.6) is 0 Å². The van der Waals surface area contributed by atoms with Gasteiger partial charge in [0.2, 0.25) is 11.8 Å². The van der Waals surface area contributed by atoms with Gasteiger partial charge in [-0.2, -0.15) is 0 Å². The molecular formula is C50H31N3O2. The molecule has 11 rings (SSSR count). The topological polar surface area (TPSA) is 55.3 Å². The van der Waals surface area contributed by atoms with Gasteiger partial charge in [0, 0.05) is 28.2 Å². The molecule has 0 aliphatic carbocycles. The summed E-state index contributed by atoms with van der Waals surface area (Å²) in [7, 11) is 0. The van der Waals surface area contributed by atoms with Gasteiger partial charge >= 0.3 is 0 Å². The highest BCUT2D eigenvalue weighted by molar-refractivity contribution is 6.14. The van der Waals surface area contributed by atoms with E-state index in [-0.39, 0.29) is 0 Å². The fourth-order valence-electron chi connectivity index (χ4n) is 7.78. The number of anilines is 3. The summed E-state index contributed by atoms with van der Waals surface area (Å²) in [5, 5.41) is 7.37. The van der Waals surface area contributed by atoms with Crippen LogP contribution in [0.2, 0.25) is 0 Å². The Kier molecular flexibility index (Phi) is 7.10. The number of nitrogens with zero attached hydrogens (tertiary/aromatic N) is 3. The van der Waals surface area contributed by atoms with Crippen LogP contribution in [0.4, 0.5) is 17.1 Å². The standard InChI is InChI=1S/C50H31N3O2/c1-2-10-42-32(8-1)16-17-33-9-7-11-43(48(33)42)38-19-18-37-31-41(29-24-36(37)30-38)53(39-25-20-34(21-26-39)49-51-44-12-3-5-14-46(44)54-49)40-27-22-35(23-28-40)50-52-45-13-4-6-15-47(45)55-50/h1-31H. The number of benzene rings is 9. The van der Waals surface area contributed by atoms with Crippen molar-refractivity contribution in [2.45, 2.75) is 0 Å². The number of rotatable bonds is 6. The second-order valence-corrected chi connectivity index (χ2v) is 13.8. The molecule has 258 valence electrons. The first-order valence-electron chi connectivity index (χ1n) is 18.4. The number of oxazole rings is 2. The van der Waals surface area contributed by atoms with Crippen molar-refractivity contribution in [2.75, 3.05) is 4.90 Å². The first-order valence-corrected chi connectivity index (χ1v) is 18.4. The molecule has 5 heteroatoms. The molecule has 0 radical (unpaired) electrons. The second kappa shape index (κ2) is 12.6. The minimum absolute atomic E-state index is 0.600. The van der Waals surface area contributed by atoms with Crippen LogP contribution in [0.3, 0.4) is 0 Å². The van der Waals surface area contributed by atoms with Crippen molar-refractivity contribution in [2.24, 2.45) is 0 Å². The SMILES string of the molecule is c1ccc2c(c1)ccc1cccc(-c3ccc4cc(N(c5ccc(-c6nc7ccccc7o6)cc5)c5ccc(-c6nc7ccccc7o6)cc5)ccc4c3)c12. The summed E-state index contributed by atoms with van der Waals surface area (Å²) in [6.07, 6.45) is 0. The lowest BCUT2D eigenvalue weighted by Gasteiger charge is -2.26. The van der Waals surface area contributed by atoms with E-state index in [9.17, 15) is 0 Å². The molecule has 2 aromatic heterocycles. The number of fused-ring (bicyclic) bond motifs is 6. The minimum atomic E-state index is 0.600. The Bertz CT molecular complexity index is 3030. The van der Waals surface area contributed by atoms with E-state index in [1.807, 2.05) is 48.5 Å². The Morgan fingerprint density at radius 3 is 1.55 bits per heavy atom. The normalized spacial score (nSPS) is 11.6. The van der Waals surface area contributed by atoms with Crippen LogP contribution in [0, 0.1) is 0 Å². The van der Waals surface area contributed by atoms with Gasteiger partial charge in [0.05, 0.1) is 0 Å². The highest BCUT2D eigenvalue weighted by Crippen LogP contribution is 2.40. The molecule has 0 amide bonds. The molecule has 0 N–H and O–H groups in total. The summed E-state index contributed by atoms with van der Waals surface area (Å²) in [6.45, 7) is 0. The molecule has 0 unspecified atom stereocenters. The Morgan fingerprint density at radius 1 is 0.364 bits per heavy atom. The zero-order chi connectivity index (χ0) is 36.3. The lowest BCUT2D eigenvalue weighted by Crippen LogP contribution is -2.09. The Labute approximate surface area is 316 Å². The first kappa shape index (κ1) is 31.1. The molecular weight excluding hydrogens is 675 g/mol. The van der Waals surface area contributed by atoms with Crippen molar-refractivity contribution in [3.8, 4) is 34.0 Å². The fraction of sp³-hybridized carbons (Fsp3) is 0. The van der Waals surface area contributed by atoms with E-state index in [1.54, 1.807) is 0 Å². The predicted molar refractivity (Wildman–Crippen MR) is 225 cm³/mol. The number of hydrogen-bond donors (Lipinski definition) is 0. The molecule has 11 aromatic rings. The average molecular weight is 706 g/mol. The minimum Gasteiger partial charge on any atom is -0.436 e. The van der Waals surface area contributed by atoms with Crippen molar-refractivity contribution in [1.29, 1.82) is 0 Å². The maximum absolute atomic E-state index is 6.10. The summed E-state index contributed by atoms with van der Waals surface area (Å²) >= 11 is 0. The zero-order valence-electron chi connectivity index (χ0n) is 29.6. The van der Waals surface area contributed by atoms with Gasteiger partial charge in [-0.25, -0.2) is 9.97 Å². The largest absolute Gasteiger partial charge is 0.436 e. The summed E-state index contributed by atoms with van der Waals surface area (Å²) in [5.41, 5.74) is 10.6. The fourth-order valence-corrected chi connectivity index (χ4v) is 7.78. The molecule has 0 saturated heterocycles. The van der Waals surface area contributed by atoms with Crippen molar-refractivity contribution >= 4 is 71.6 Å². The van der Waals surface area contributed by atoms with E-state index in [1.165, 1.54) is 38.1 Å². The molecule has 5 nitrogen and oxygen atoms in total. The number of hydrogen-bond acceptors (Lipinski definition) is 5. The van der Waals surface area contributed by atoms with E-state index in [0.717, 1.165) is 55.8 Å². The van der Waals surface area contributed by atoms with Gasteiger partial charge in [-0.15, -0.1) is 0 Å². The lowest BCUT2D eigenvalue weighted by molar-refractivity contribution is 0.619. The van der Waals surface area contributed by atoms with Gasteiger partial charge < -0.3 is 13.7 Å². The molecule has 55 heavy (non-hydrogen) atoms. The molecule has 2 heterocycles. The Hall–Kier alpha value is -7.50. The van der Waals surface area contributed by atoms with Crippen molar-refractivity contribution in [1.82, 2.24) is 9.97 Å². The van der Waals surface area contributed by atoms with Crippen molar-refractivity contribution in [3.05, 3.63) is 188 Å². The Balaban J connectivity index is 0.999. The maximum atomic E-state index is 6.10. The monoisotopic (exact) mass is 705 g/mol. The predicted octanol–water partition coefficient (Wildman–Crippen LogP) is 13.9. The molecule has 0 bridgehead atoms. The second-order valence-electron chi connectivity index (χ2n) is 13.8. The van der Waals surface area contributed by atoms with Gasteiger partial charge in [0.1, 0.15) is 11.0 Å². The quantitative estimate of drug-likeness (QED) is 0.161. The summed E-state index contributed by atoms with van der Waals surface area (Å²) < 4.78 is 12.2. The molecule has 0 aliphatic heterocycles. The van der Waals surface area contributed by atoms with Crippen molar-refractivity contribution < 1.29 is 8.83 Å². The highest BCUT2D eigenvalue weighted by Gasteiger charge is 2.17. The number of para-hydroxylation sites is 4. The van der Waals surface area contributed by atoms with Crippen LogP contribution in [-0.4, -0.2) is 9.97 Å².